The number of benzene rings is 1. The maximum absolute atomic E-state index is 13.4. The highest BCUT2D eigenvalue weighted by Crippen LogP contribution is 2.50. The van der Waals surface area contributed by atoms with Gasteiger partial charge in [0.25, 0.3) is 17.4 Å². The van der Waals surface area contributed by atoms with Crippen LogP contribution in [0.2, 0.25) is 0 Å². The maximum atomic E-state index is 13.4. The number of hydrogen-bond acceptors (Lipinski definition) is 5. The van der Waals surface area contributed by atoms with Crippen molar-refractivity contribution in [1.82, 2.24) is 15.2 Å². The lowest BCUT2D eigenvalue weighted by atomic mass is 9.89. The number of aromatic nitrogens is 1. The number of alkyl halides is 6. The van der Waals surface area contributed by atoms with Gasteiger partial charge in [0.1, 0.15) is 5.69 Å². The number of nitrogens with one attached hydrogen (secondary N) is 1. The Kier molecular flexibility index (Phi) is 7.08. The number of likely N-dealkylation sites (tertiary alicyclic amines) is 1. The predicted octanol–water partition coefficient (Wildman–Crippen LogP) is 5.34. The molecular weight excluding hydrogens is 524 g/mol. The molecule has 0 spiro atoms. The molecule has 1 aliphatic carbocycles. The zero-order chi connectivity index (χ0) is 27.3. The minimum Gasteiger partial charge on any atom is -0.369 e. The molecule has 2 aromatic rings. The van der Waals surface area contributed by atoms with Gasteiger partial charge in [0.05, 0.1) is 4.88 Å². The number of carbonyl (C=O) groups excluding carboxylic acids is 2. The van der Waals surface area contributed by atoms with E-state index in [1.165, 1.54) is 6.92 Å². The smallest absolute Gasteiger partial charge is 0.369 e. The largest absolute Gasteiger partial charge is 0.430 e. The van der Waals surface area contributed by atoms with E-state index in [4.69, 9.17) is 0 Å². The van der Waals surface area contributed by atoms with Crippen LogP contribution >= 0.6 is 11.3 Å². The first-order valence-electron chi connectivity index (χ1n) is 11.7. The molecule has 2 heterocycles. The summed E-state index contributed by atoms with van der Waals surface area (Å²) in [6.45, 7) is 3.59. The van der Waals surface area contributed by atoms with E-state index in [-0.39, 0.29) is 38.8 Å². The van der Waals surface area contributed by atoms with Crippen molar-refractivity contribution < 1.29 is 41.0 Å². The molecule has 1 aliphatic heterocycles. The van der Waals surface area contributed by atoms with E-state index in [1.54, 1.807) is 4.90 Å². The molecule has 37 heavy (non-hydrogen) atoms. The Bertz CT molecular complexity index is 1190. The van der Waals surface area contributed by atoms with E-state index in [9.17, 15) is 41.0 Å². The molecule has 1 saturated heterocycles. The van der Waals surface area contributed by atoms with Crippen molar-refractivity contribution in [3.05, 3.63) is 40.0 Å². The van der Waals surface area contributed by atoms with Gasteiger partial charge in [-0.15, -0.1) is 11.3 Å². The van der Waals surface area contributed by atoms with Gasteiger partial charge in [-0.05, 0) is 57.1 Å². The second-order valence-electron chi connectivity index (χ2n) is 9.52. The number of aliphatic hydroxyl groups is 1. The van der Waals surface area contributed by atoms with Crippen LogP contribution < -0.4 is 5.32 Å². The van der Waals surface area contributed by atoms with Crippen LogP contribution in [0.3, 0.4) is 0 Å². The highest BCUT2D eigenvalue weighted by Gasteiger charge is 2.71. The van der Waals surface area contributed by atoms with Gasteiger partial charge in [0, 0.05) is 24.2 Å². The predicted molar refractivity (Wildman–Crippen MR) is 123 cm³/mol. The summed E-state index contributed by atoms with van der Waals surface area (Å²) in [7, 11) is 0. The first-order valence-corrected chi connectivity index (χ1v) is 12.6. The number of thiazole rings is 1. The molecule has 13 heteroatoms. The summed E-state index contributed by atoms with van der Waals surface area (Å²) in [5.41, 5.74) is -6.47. The SMILES string of the molecule is Cc1cc(C(O)(C(F)(F)F)C(F)(F)F)ccc1-c1sc(C(=O)NC2CCC2)nc1C(=O)N1CCCC1C. The van der Waals surface area contributed by atoms with Gasteiger partial charge >= 0.3 is 12.4 Å². The van der Waals surface area contributed by atoms with Crippen LogP contribution in [-0.4, -0.2) is 57.8 Å². The summed E-state index contributed by atoms with van der Waals surface area (Å²) in [5.74, 6) is -0.966. The van der Waals surface area contributed by atoms with Gasteiger partial charge in [0.2, 0.25) is 0 Å². The summed E-state index contributed by atoms with van der Waals surface area (Å²) >= 11 is 0.847. The molecule has 1 unspecified atom stereocenters. The fourth-order valence-electron chi connectivity index (χ4n) is 4.55. The first-order chi connectivity index (χ1) is 17.1. The lowest BCUT2D eigenvalue weighted by molar-refractivity contribution is -0.376. The van der Waals surface area contributed by atoms with Crippen LogP contribution in [0.15, 0.2) is 18.2 Å². The van der Waals surface area contributed by atoms with Crippen molar-refractivity contribution in [2.75, 3.05) is 6.54 Å². The van der Waals surface area contributed by atoms with Crippen LogP contribution in [0.1, 0.15) is 70.4 Å². The minimum atomic E-state index is -6.02. The van der Waals surface area contributed by atoms with Crippen molar-refractivity contribution in [3.63, 3.8) is 0 Å². The Balaban J connectivity index is 1.79. The highest BCUT2D eigenvalue weighted by atomic mass is 32.1. The fraction of sp³-hybridized carbons (Fsp3) is 0.542. The third kappa shape index (κ3) is 4.83. The molecular formula is C24H25F6N3O3S. The van der Waals surface area contributed by atoms with Gasteiger partial charge in [-0.2, -0.15) is 26.3 Å². The Hall–Kier alpha value is -2.67. The number of hydrogen-bond donors (Lipinski definition) is 2. The van der Waals surface area contributed by atoms with E-state index in [2.05, 4.69) is 10.3 Å². The molecule has 0 radical (unpaired) electrons. The van der Waals surface area contributed by atoms with Gasteiger partial charge in [0.15, 0.2) is 5.01 Å². The van der Waals surface area contributed by atoms with Crippen LogP contribution in [0.25, 0.3) is 10.4 Å². The first kappa shape index (κ1) is 27.4. The number of amides is 2. The third-order valence-electron chi connectivity index (χ3n) is 6.99. The molecule has 1 aromatic carbocycles. The Morgan fingerprint density at radius 1 is 1.08 bits per heavy atom. The van der Waals surface area contributed by atoms with Crippen molar-refractivity contribution in [1.29, 1.82) is 0 Å². The average Bonchev–Trinajstić information content (AvgIpc) is 3.40. The number of aryl methyl sites for hydroxylation is 1. The van der Waals surface area contributed by atoms with E-state index in [1.807, 2.05) is 6.92 Å². The second kappa shape index (κ2) is 9.57. The van der Waals surface area contributed by atoms with Crippen molar-refractivity contribution >= 4 is 23.2 Å². The van der Waals surface area contributed by atoms with Gasteiger partial charge in [-0.1, -0.05) is 18.2 Å². The molecule has 6 nitrogen and oxygen atoms in total. The van der Waals surface area contributed by atoms with Gasteiger partial charge < -0.3 is 15.3 Å². The molecule has 4 rings (SSSR count). The lowest BCUT2D eigenvalue weighted by Gasteiger charge is -2.33. The van der Waals surface area contributed by atoms with Crippen LogP contribution in [0.5, 0.6) is 0 Å². The number of carbonyl (C=O) groups is 2. The molecule has 1 atom stereocenters. The van der Waals surface area contributed by atoms with Crippen LogP contribution in [0.4, 0.5) is 26.3 Å². The molecule has 1 aromatic heterocycles. The summed E-state index contributed by atoms with van der Waals surface area (Å²) < 4.78 is 80.3. The third-order valence-corrected chi connectivity index (χ3v) is 8.07. The van der Waals surface area contributed by atoms with E-state index < -0.39 is 35.3 Å². The highest BCUT2D eigenvalue weighted by molar-refractivity contribution is 7.17. The summed E-state index contributed by atoms with van der Waals surface area (Å²) in [6, 6.07) is 2.01. The van der Waals surface area contributed by atoms with E-state index in [0.29, 0.717) is 18.7 Å². The lowest BCUT2D eigenvalue weighted by Crippen LogP contribution is -2.53. The molecule has 2 N–H and O–H groups in total. The van der Waals surface area contributed by atoms with E-state index >= 15 is 0 Å². The summed E-state index contributed by atoms with van der Waals surface area (Å²) in [6.07, 6.45) is -7.93. The van der Waals surface area contributed by atoms with Gasteiger partial charge in [-0.25, -0.2) is 4.98 Å². The van der Waals surface area contributed by atoms with Crippen molar-refractivity contribution in [2.45, 2.75) is 76.0 Å². The standard InChI is InChI=1S/C24H25F6N3O3S/c1-12-11-14(22(36,23(25,26)27)24(28,29)30)8-9-16(12)18-17(21(35)33-10-4-5-13(33)2)32-20(37-18)19(34)31-15-6-3-7-15/h8-9,11,13,15,36H,3-7,10H2,1-2H3,(H,31,34). The minimum absolute atomic E-state index is 0.0129. The second-order valence-corrected chi connectivity index (χ2v) is 10.5. The maximum Gasteiger partial charge on any atom is 0.430 e. The van der Waals surface area contributed by atoms with Gasteiger partial charge in [-0.3, -0.25) is 9.59 Å². The molecule has 202 valence electrons. The zero-order valence-electron chi connectivity index (χ0n) is 20.0. The molecule has 2 aliphatic rings. The number of halogens is 6. The summed E-state index contributed by atoms with van der Waals surface area (Å²) in [5, 5.41) is 12.6. The molecule has 2 fully saturated rings. The fourth-order valence-corrected chi connectivity index (χ4v) is 5.60. The van der Waals surface area contributed by atoms with Crippen LogP contribution in [0, 0.1) is 6.92 Å². The van der Waals surface area contributed by atoms with Crippen molar-refractivity contribution in [2.24, 2.45) is 0 Å². The Morgan fingerprint density at radius 2 is 1.73 bits per heavy atom. The monoisotopic (exact) mass is 549 g/mol. The molecule has 1 saturated carbocycles. The Labute approximate surface area is 212 Å². The normalized spacial score (nSPS) is 19.2. The quantitative estimate of drug-likeness (QED) is 0.494. The molecule has 0 bridgehead atoms. The number of rotatable bonds is 5. The molecule has 2 amide bonds. The Morgan fingerprint density at radius 3 is 2.22 bits per heavy atom. The topological polar surface area (TPSA) is 82.5 Å². The van der Waals surface area contributed by atoms with Crippen LogP contribution in [-0.2, 0) is 5.60 Å². The zero-order valence-corrected chi connectivity index (χ0v) is 20.8. The summed E-state index contributed by atoms with van der Waals surface area (Å²) in [4.78, 5) is 32.2. The van der Waals surface area contributed by atoms with Crippen molar-refractivity contribution in [3.8, 4) is 10.4 Å². The van der Waals surface area contributed by atoms with E-state index in [0.717, 1.165) is 49.5 Å². The average molecular weight is 550 g/mol. The number of nitrogens with zero attached hydrogens (tertiary/aromatic N) is 2.